The lowest BCUT2D eigenvalue weighted by molar-refractivity contribution is 0.316. The molecule has 0 aliphatic carbocycles. The van der Waals surface area contributed by atoms with Crippen LogP contribution in [0.5, 0.6) is 0 Å². The molecule has 1 unspecified atom stereocenters. The van der Waals surface area contributed by atoms with E-state index >= 15 is 0 Å². The average molecular weight is 139 g/mol. The van der Waals surface area contributed by atoms with Crippen LogP contribution in [0, 0.1) is 0 Å². The van der Waals surface area contributed by atoms with Crippen LogP contribution in [0.25, 0.3) is 0 Å². The number of rotatable bonds is 2. The first-order chi connectivity index (χ1) is 4.72. The Morgan fingerprint density at radius 1 is 1.60 bits per heavy atom. The maximum Gasteiger partial charge on any atom is 0.0922 e. The van der Waals surface area contributed by atoms with Gasteiger partial charge in [0.05, 0.1) is 12.0 Å². The fourth-order valence-electron chi connectivity index (χ4n) is 0.773. The van der Waals surface area contributed by atoms with Gasteiger partial charge in [-0.2, -0.15) is 0 Å². The third-order valence-corrected chi connectivity index (χ3v) is 1.74. The maximum atomic E-state index is 3.94. The van der Waals surface area contributed by atoms with E-state index in [-0.39, 0.29) is 0 Å². The molecule has 10 heavy (non-hydrogen) atoms. The van der Waals surface area contributed by atoms with Crippen molar-refractivity contribution in [3.8, 4) is 0 Å². The summed E-state index contributed by atoms with van der Waals surface area (Å²) in [4.78, 5) is 9.14. The van der Waals surface area contributed by atoms with Crippen LogP contribution in [0.3, 0.4) is 0 Å². The van der Waals surface area contributed by atoms with Crippen molar-refractivity contribution < 1.29 is 0 Å². The third-order valence-electron chi connectivity index (χ3n) is 1.74. The summed E-state index contributed by atoms with van der Waals surface area (Å²) in [5, 5.41) is 0. The number of aromatic amines is 1. The summed E-state index contributed by atoms with van der Waals surface area (Å²) >= 11 is 0. The molecule has 0 saturated carbocycles. The molecule has 0 aromatic carbocycles. The minimum Gasteiger partial charge on any atom is -0.347 e. The van der Waals surface area contributed by atoms with Gasteiger partial charge in [0, 0.05) is 12.2 Å². The Hall–Kier alpha value is -0.830. The van der Waals surface area contributed by atoms with E-state index in [1.165, 1.54) is 0 Å². The monoisotopic (exact) mass is 139 g/mol. The van der Waals surface area contributed by atoms with Gasteiger partial charge in [0.1, 0.15) is 0 Å². The number of nitrogens with one attached hydrogen (secondary N) is 1. The number of H-pyrrole nitrogens is 1. The van der Waals surface area contributed by atoms with E-state index in [0.717, 1.165) is 5.69 Å². The van der Waals surface area contributed by atoms with Crippen molar-refractivity contribution in [2.75, 3.05) is 14.1 Å². The first-order valence-electron chi connectivity index (χ1n) is 3.36. The molecule has 0 aliphatic heterocycles. The Kier molecular flexibility index (Phi) is 2.06. The lowest BCUT2D eigenvalue weighted by atomic mass is 10.2. The summed E-state index contributed by atoms with van der Waals surface area (Å²) in [6.45, 7) is 2.13. The summed E-state index contributed by atoms with van der Waals surface area (Å²) in [5.41, 5.74) is 1.16. The molecule has 1 N–H and O–H groups in total. The second kappa shape index (κ2) is 2.84. The van der Waals surface area contributed by atoms with Crippen molar-refractivity contribution in [3.05, 3.63) is 18.2 Å². The molecule has 0 amide bonds. The fourth-order valence-corrected chi connectivity index (χ4v) is 0.773. The molecule has 1 heterocycles. The van der Waals surface area contributed by atoms with E-state index in [1.807, 2.05) is 20.3 Å². The SMILES string of the molecule is CC(c1cnc[nH]1)N(C)C. The number of hydrogen-bond donors (Lipinski definition) is 1. The number of aromatic nitrogens is 2. The van der Waals surface area contributed by atoms with Gasteiger partial charge in [-0.1, -0.05) is 0 Å². The van der Waals surface area contributed by atoms with Gasteiger partial charge < -0.3 is 9.88 Å². The Bertz CT molecular complexity index is 179. The van der Waals surface area contributed by atoms with Crippen molar-refractivity contribution >= 4 is 0 Å². The molecule has 0 radical (unpaired) electrons. The standard InChI is InChI=1S/C7H13N3/c1-6(10(2)3)7-4-8-5-9-7/h4-6H,1-3H3,(H,8,9). The van der Waals surface area contributed by atoms with Crippen molar-refractivity contribution in [2.24, 2.45) is 0 Å². The van der Waals surface area contributed by atoms with Crippen LogP contribution >= 0.6 is 0 Å². The van der Waals surface area contributed by atoms with E-state index < -0.39 is 0 Å². The van der Waals surface area contributed by atoms with Gasteiger partial charge in [-0.25, -0.2) is 4.98 Å². The largest absolute Gasteiger partial charge is 0.347 e. The zero-order chi connectivity index (χ0) is 7.56. The maximum absolute atomic E-state index is 3.94. The highest BCUT2D eigenvalue weighted by Crippen LogP contribution is 2.12. The molecule has 0 fully saturated rings. The number of nitrogens with zero attached hydrogens (tertiary/aromatic N) is 2. The highest BCUT2D eigenvalue weighted by atomic mass is 15.1. The molecule has 0 spiro atoms. The minimum absolute atomic E-state index is 0.419. The van der Waals surface area contributed by atoms with Crippen LogP contribution in [-0.2, 0) is 0 Å². The number of imidazole rings is 1. The molecular formula is C7H13N3. The van der Waals surface area contributed by atoms with Gasteiger partial charge in [0.25, 0.3) is 0 Å². The van der Waals surface area contributed by atoms with E-state index in [0.29, 0.717) is 6.04 Å². The molecule has 0 saturated heterocycles. The Labute approximate surface area is 61.1 Å². The Balaban J connectivity index is 2.68. The Morgan fingerprint density at radius 2 is 2.30 bits per heavy atom. The second-order valence-electron chi connectivity index (χ2n) is 2.65. The molecular weight excluding hydrogens is 126 g/mol. The topological polar surface area (TPSA) is 31.9 Å². The predicted molar refractivity (Wildman–Crippen MR) is 40.7 cm³/mol. The quantitative estimate of drug-likeness (QED) is 0.663. The van der Waals surface area contributed by atoms with Crippen LogP contribution in [0.4, 0.5) is 0 Å². The zero-order valence-electron chi connectivity index (χ0n) is 6.63. The van der Waals surface area contributed by atoms with Crippen molar-refractivity contribution in [2.45, 2.75) is 13.0 Å². The van der Waals surface area contributed by atoms with Crippen LogP contribution in [-0.4, -0.2) is 29.0 Å². The molecule has 1 atom stereocenters. The van der Waals surface area contributed by atoms with Crippen LogP contribution < -0.4 is 0 Å². The van der Waals surface area contributed by atoms with Crippen LogP contribution in [0.15, 0.2) is 12.5 Å². The first-order valence-corrected chi connectivity index (χ1v) is 3.36. The molecule has 1 aromatic heterocycles. The Morgan fingerprint density at radius 3 is 2.70 bits per heavy atom. The molecule has 1 rings (SSSR count). The smallest absolute Gasteiger partial charge is 0.0922 e. The highest BCUT2D eigenvalue weighted by molar-refractivity contribution is 4.99. The van der Waals surface area contributed by atoms with Gasteiger partial charge in [0.2, 0.25) is 0 Å². The summed E-state index contributed by atoms with van der Waals surface area (Å²) < 4.78 is 0. The summed E-state index contributed by atoms with van der Waals surface area (Å²) in [7, 11) is 4.09. The van der Waals surface area contributed by atoms with Crippen molar-refractivity contribution in [1.82, 2.24) is 14.9 Å². The van der Waals surface area contributed by atoms with Crippen LogP contribution in [0.1, 0.15) is 18.7 Å². The average Bonchev–Trinajstić information content (AvgIpc) is 2.36. The number of hydrogen-bond acceptors (Lipinski definition) is 2. The highest BCUT2D eigenvalue weighted by Gasteiger charge is 2.07. The van der Waals surface area contributed by atoms with E-state index in [9.17, 15) is 0 Å². The molecule has 3 heteroatoms. The lowest BCUT2D eigenvalue weighted by Gasteiger charge is -2.17. The summed E-state index contributed by atoms with van der Waals surface area (Å²) in [6.07, 6.45) is 3.56. The van der Waals surface area contributed by atoms with Gasteiger partial charge in [-0.15, -0.1) is 0 Å². The minimum atomic E-state index is 0.419. The fraction of sp³-hybridized carbons (Fsp3) is 0.571. The molecule has 0 bridgehead atoms. The first kappa shape index (κ1) is 7.28. The summed E-state index contributed by atoms with van der Waals surface area (Å²) in [6, 6.07) is 0.419. The van der Waals surface area contributed by atoms with E-state index in [4.69, 9.17) is 0 Å². The molecule has 56 valence electrons. The van der Waals surface area contributed by atoms with Crippen LogP contribution in [0.2, 0.25) is 0 Å². The molecule has 0 aliphatic rings. The van der Waals surface area contributed by atoms with Crippen molar-refractivity contribution in [1.29, 1.82) is 0 Å². The second-order valence-corrected chi connectivity index (χ2v) is 2.65. The molecule has 1 aromatic rings. The van der Waals surface area contributed by atoms with Gasteiger partial charge in [0.15, 0.2) is 0 Å². The van der Waals surface area contributed by atoms with Gasteiger partial charge in [-0.05, 0) is 21.0 Å². The normalized spacial score (nSPS) is 14.0. The van der Waals surface area contributed by atoms with Gasteiger partial charge >= 0.3 is 0 Å². The predicted octanol–water partition coefficient (Wildman–Crippen LogP) is 1.03. The van der Waals surface area contributed by atoms with Crippen molar-refractivity contribution in [3.63, 3.8) is 0 Å². The summed E-state index contributed by atoms with van der Waals surface area (Å²) in [5.74, 6) is 0. The molecule has 3 nitrogen and oxygen atoms in total. The van der Waals surface area contributed by atoms with E-state index in [2.05, 4.69) is 21.8 Å². The lowest BCUT2D eigenvalue weighted by Crippen LogP contribution is -2.16. The third kappa shape index (κ3) is 1.36. The van der Waals surface area contributed by atoms with E-state index in [1.54, 1.807) is 6.33 Å². The zero-order valence-corrected chi connectivity index (χ0v) is 6.63. The van der Waals surface area contributed by atoms with Gasteiger partial charge in [-0.3, -0.25) is 0 Å².